The van der Waals surface area contributed by atoms with E-state index in [-0.39, 0.29) is 11.7 Å². The molecule has 0 bridgehead atoms. The Morgan fingerprint density at radius 2 is 2.00 bits per heavy atom. The minimum Gasteiger partial charge on any atom is -0.489 e. The average molecular weight is 237 g/mol. The largest absolute Gasteiger partial charge is 0.489 e. The van der Waals surface area contributed by atoms with Crippen LogP contribution in [0, 0.1) is 5.92 Å². The molecule has 2 aliphatic carbocycles. The van der Waals surface area contributed by atoms with Gasteiger partial charge in [0.2, 0.25) is 0 Å². The van der Waals surface area contributed by atoms with Gasteiger partial charge in [0, 0.05) is 11.5 Å². The molecule has 0 unspecified atom stereocenters. The lowest BCUT2D eigenvalue weighted by Gasteiger charge is -2.07. The van der Waals surface area contributed by atoms with Crippen LogP contribution in [0.25, 0.3) is 0 Å². The molecule has 2 aliphatic rings. The minimum atomic E-state index is 0.222. The van der Waals surface area contributed by atoms with E-state index in [4.69, 9.17) is 16.3 Å². The van der Waals surface area contributed by atoms with E-state index in [1.165, 1.54) is 0 Å². The highest BCUT2D eigenvalue weighted by Gasteiger charge is 2.31. The predicted octanol–water partition coefficient (Wildman–Crippen LogP) is 3.47. The Labute approximate surface area is 99.6 Å². The smallest absolute Gasteiger partial charge is 0.165 e. The van der Waals surface area contributed by atoms with Crippen molar-refractivity contribution in [3.63, 3.8) is 0 Å². The lowest BCUT2D eigenvalue weighted by Crippen LogP contribution is -2.02. The minimum absolute atomic E-state index is 0.222. The SMILES string of the molecule is O=C(c1ccc(OC2CC2)c(Cl)c1)C1CC1. The van der Waals surface area contributed by atoms with Gasteiger partial charge < -0.3 is 4.74 Å². The van der Waals surface area contributed by atoms with Crippen molar-refractivity contribution in [3.05, 3.63) is 28.8 Å². The van der Waals surface area contributed by atoms with Crippen LogP contribution in [0.4, 0.5) is 0 Å². The standard InChI is InChI=1S/C13H13ClO2/c14-11-7-9(13(15)8-1-2-8)3-6-12(11)16-10-4-5-10/h3,6-8,10H,1-2,4-5H2. The maximum atomic E-state index is 11.8. The number of rotatable bonds is 4. The number of carbonyl (C=O) groups excluding carboxylic acids is 1. The summed E-state index contributed by atoms with van der Waals surface area (Å²) in [5, 5.41) is 0.554. The molecule has 1 aromatic carbocycles. The lowest BCUT2D eigenvalue weighted by molar-refractivity contribution is 0.0967. The Hall–Kier alpha value is -1.02. The fourth-order valence-electron chi connectivity index (χ4n) is 1.70. The van der Waals surface area contributed by atoms with Gasteiger partial charge >= 0.3 is 0 Å². The van der Waals surface area contributed by atoms with E-state index in [9.17, 15) is 4.79 Å². The van der Waals surface area contributed by atoms with Crippen molar-refractivity contribution >= 4 is 17.4 Å². The first-order valence-electron chi connectivity index (χ1n) is 5.74. The summed E-state index contributed by atoms with van der Waals surface area (Å²) in [6, 6.07) is 5.38. The van der Waals surface area contributed by atoms with E-state index in [1.54, 1.807) is 6.07 Å². The molecule has 0 N–H and O–H groups in total. The van der Waals surface area contributed by atoms with Crippen LogP contribution in [0.5, 0.6) is 5.75 Å². The average Bonchev–Trinajstić information content (AvgIpc) is 3.14. The first kappa shape index (κ1) is 10.2. The zero-order valence-corrected chi connectivity index (χ0v) is 9.67. The first-order valence-corrected chi connectivity index (χ1v) is 6.12. The lowest BCUT2D eigenvalue weighted by atomic mass is 10.1. The normalized spacial score (nSPS) is 19.6. The van der Waals surface area contributed by atoms with Crippen LogP contribution >= 0.6 is 11.6 Å². The molecule has 3 heteroatoms. The fraction of sp³-hybridized carbons (Fsp3) is 0.462. The molecule has 0 amide bonds. The third-order valence-corrected chi connectivity index (χ3v) is 3.28. The molecule has 2 nitrogen and oxygen atoms in total. The number of hydrogen-bond acceptors (Lipinski definition) is 2. The molecule has 0 heterocycles. The Bertz CT molecular complexity index is 434. The molecule has 0 spiro atoms. The summed E-state index contributed by atoms with van der Waals surface area (Å²) >= 11 is 6.09. The highest BCUT2D eigenvalue weighted by atomic mass is 35.5. The summed E-state index contributed by atoms with van der Waals surface area (Å²) in [5.41, 5.74) is 0.718. The number of benzene rings is 1. The van der Waals surface area contributed by atoms with Crippen molar-refractivity contribution in [2.24, 2.45) is 5.92 Å². The van der Waals surface area contributed by atoms with Gasteiger partial charge in [0.15, 0.2) is 5.78 Å². The molecule has 84 valence electrons. The number of Topliss-reactive ketones (excluding diaryl/α,β-unsaturated/α-hetero) is 1. The molecule has 0 atom stereocenters. The van der Waals surface area contributed by atoms with E-state index in [0.29, 0.717) is 16.9 Å². The van der Waals surface area contributed by atoms with Crippen molar-refractivity contribution in [1.29, 1.82) is 0 Å². The van der Waals surface area contributed by atoms with Crippen LogP contribution in [0.2, 0.25) is 5.02 Å². The van der Waals surface area contributed by atoms with Gasteiger partial charge in [-0.05, 0) is 43.9 Å². The summed E-state index contributed by atoms with van der Waals surface area (Å²) in [6.45, 7) is 0. The molecule has 2 saturated carbocycles. The maximum absolute atomic E-state index is 11.8. The van der Waals surface area contributed by atoms with Gasteiger partial charge in [0.25, 0.3) is 0 Å². The van der Waals surface area contributed by atoms with Crippen molar-refractivity contribution < 1.29 is 9.53 Å². The molecular weight excluding hydrogens is 224 g/mol. The number of ether oxygens (including phenoxy) is 1. The topological polar surface area (TPSA) is 26.3 Å². The van der Waals surface area contributed by atoms with Crippen LogP contribution in [0.3, 0.4) is 0 Å². The molecule has 2 fully saturated rings. The second kappa shape index (κ2) is 3.77. The summed E-state index contributed by atoms with van der Waals surface area (Å²) < 4.78 is 5.62. The molecule has 0 aromatic heterocycles. The number of hydrogen-bond donors (Lipinski definition) is 0. The van der Waals surface area contributed by atoms with E-state index in [0.717, 1.165) is 31.2 Å². The van der Waals surface area contributed by atoms with Gasteiger partial charge in [0.05, 0.1) is 11.1 Å². The molecule has 3 rings (SSSR count). The Balaban J connectivity index is 1.80. The maximum Gasteiger partial charge on any atom is 0.165 e. The van der Waals surface area contributed by atoms with E-state index >= 15 is 0 Å². The Morgan fingerprint density at radius 1 is 1.25 bits per heavy atom. The van der Waals surface area contributed by atoms with Crippen molar-refractivity contribution in [1.82, 2.24) is 0 Å². The van der Waals surface area contributed by atoms with Gasteiger partial charge in [0.1, 0.15) is 5.75 Å². The van der Waals surface area contributed by atoms with Crippen LogP contribution in [-0.2, 0) is 0 Å². The summed E-state index contributed by atoms with van der Waals surface area (Å²) in [7, 11) is 0. The van der Waals surface area contributed by atoms with Crippen molar-refractivity contribution in [2.45, 2.75) is 31.8 Å². The van der Waals surface area contributed by atoms with E-state index in [1.807, 2.05) is 12.1 Å². The van der Waals surface area contributed by atoms with E-state index in [2.05, 4.69) is 0 Å². The van der Waals surface area contributed by atoms with Gasteiger partial charge in [-0.15, -0.1) is 0 Å². The van der Waals surface area contributed by atoms with E-state index < -0.39 is 0 Å². The van der Waals surface area contributed by atoms with Gasteiger partial charge in [-0.25, -0.2) is 0 Å². The Morgan fingerprint density at radius 3 is 2.56 bits per heavy atom. The second-order valence-corrected chi connectivity index (χ2v) is 5.01. The Kier molecular flexibility index (Phi) is 2.40. The molecule has 0 saturated heterocycles. The molecule has 0 aliphatic heterocycles. The molecule has 16 heavy (non-hydrogen) atoms. The monoisotopic (exact) mass is 236 g/mol. The van der Waals surface area contributed by atoms with Crippen LogP contribution in [0.1, 0.15) is 36.0 Å². The van der Waals surface area contributed by atoms with Crippen molar-refractivity contribution in [2.75, 3.05) is 0 Å². The van der Waals surface area contributed by atoms with Gasteiger partial charge in [-0.3, -0.25) is 4.79 Å². The third-order valence-electron chi connectivity index (χ3n) is 2.98. The first-order chi connectivity index (χ1) is 7.74. The van der Waals surface area contributed by atoms with Crippen LogP contribution in [-0.4, -0.2) is 11.9 Å². The highest BCUT2D eigenvalue weighted by Crippen LogP contribution is 2.36. The second-order valence-electron chi connectivity index (χ2n) is 4.60. The van der Waals surface area contributed by atoms with Gasteiger partial charge in [-0.2, -0.15) is 0 Å². The van der Waals surface area contributed by atoms with Crippen molar-refractivity contribution in [3.8, 4) is 5.75 Å². The van der Waals surface area contributed by atoms with Crippen LogP contribution in [0.15, 0.2) is 18.2 Å². The number of ketones is 1. The highest BCUT2D eigenvalue weighted by molar-refractivity contribution is 6.32. The zero-order valence-electron chi connectivity index (χ0n) is 8.91. The summed E-state index contributed by atoms with van der Waals surface area (Å²) in [6.07, 6.45) is 4.61. The zero-order chi connectivity index (χ0) is 11.1. The summed E-state index contributed by atoms with van der Waals surface area (Å²) in [5.74, 6) is 1.17. The fourth-order valence-corrected chi connectivity index (χ4v) is 1.92. The van der Waals surface area contributed by atoms with Crippen LogP contribution < -0.4 is 4.74 Å². The quantitative estimate of drug-likeness (QED) is 0.749. The molecule has 1 aromatic rings. The number of halogens is 1. The number of carbonyl (C=O) groups is 1. The molecule has 0 radical (unpaired) electrons. The third kappa shape index (κ3) is 2.07. The predicted molar refractivity (Wildman–Crippen MR) is 62.2 cm³/mol. The molecular formula is C13H13ClO2. The summed E-state index contributed by atoms with van der Waals surface area (Å²) in [4.78, 5) is 11.8. The van der Waals surface area contributed by atoms with Gasteiger partial charge in [-0.1, -0.05) is 11.6 Å².